The smallest absolute Gasteiger partial charge is 0.251 e. The molecular formula is C21H24N4O. The lowest BCUT2D eigenvalue weighted by Crippen LogP contribution is -2.29. The Morgan fingerprint density at radius 2 is 1.88 bits per heavy atom. The van der Waals surface area contributed by atoms with Crippen molar-refractivity contribution in [1.82, 2.24) is 20.5 Å². The van der Waals surface area contributed by atoms with Gasteiger partial charge >= 0.3 is 0 Å². The first-order valence-electron chi connectivity index (χ1n) is 8.85. The minimum Gasteiger partial charge on any atom is -0.344 e. The molecule has 0 unspecified atom stereocenters. The highest BCUT2D eigenvalue weighted by atomic mass is 16.1. The number of carbonyl (C=O) groups excluding carboxylic acids is 1. The first-order valence-corrected chi connectivity index (χ1v) is 8.85. The number of amides is 1. The van der Waals surface area contributed by atoms with Crippen LogP contribution in [0.4, 0.5) is 0 Å². The van der Waals surface area contributed by atoms with Crippen LogP contribution in [0, 0.1) is 20.8 Å². The molecule has 26 heavy (non-hydrogen) atoms. The predicted molar refractivity (Wildman–Crippen MR) is 103 cm³/mol. The fraction of sp³-hybridized carbons (Fsp3) is 0.286. The molecule has 0 fully saturated rings. The van der Waals surface area contributed by atoms with Gasteiger partial charge in [-0.25, -0.2) is 0 Å². The zero-order chi connectivity index (χ0) is 18.7. The largest absolute Gasteiger partial charge is 0.344 e. The molecule has 1 atom stereocenters. The third-order valence-electron chi connectivity index (χ3n) is 4.66. The quantitative estimate of drug-likeness (QED) is 0.723. The molecule has 5 heteroatoms. The van der Waals surface area contributed by atoms with Gasteiger partial charge in [-0.1, -0.05) is 25.1 Å². The second-order valence-electron chi connectivity index (χ2n) is 6.53. The van der Waals surface area contributed by atoms with Crippen molar-refractivity contribution in [3.05, 3.63) is 70.8 Å². The van der Waals surface area contributed by atoms with E-state index < -0.39 is 0 Å². The van der Waals surface area contributed by atoms with Crippen molar-refractivity contribution >= 4 is 5.91 Å². The Kier molecular flexibility index (Phi) is 5.16. The number of rotatable bonds is 5. The van der Waals surface area contributed by atoms with E-state index in [-0.39, 0.29) is 11.9 Å². The standard InChI is InChI=1S/C21H24N4O/c1-5-18(20-13(2)7-6-12-22-20)23-21(26)17-10-8-16(9-11-17)19-14(3)24-25-15(19)4/h6-12,18H,5H2,1-4H3,(H,23,26)(H,24,25)/t18-/m1/s1. The molecule has 0 saturated heterocycles. The van der Waals surface area contributed by atoms with Gasteiger partial charge in [0.15, 0.2) is 0 Å². The van der Waals surface area contributed by atoms with Crippen molar-refractivity contribution in [3.63, 3.8) is 0 Å². The maximum absolute atomic E-state index is 12.7. The molecule has 0 saturated carbocycles. The van der Waals surface area contributed by atoms with Gasteiger partial charge in [0.1, 0.15) is 0 Å². The predicted octanol–water partition coefficient (Wildman–Crippen LogP) is 4.28. The SMILES string of the molecule is CC[C@@H](NC(=O)c1ccc(-c2c(C)n[nH]c2C)cc1)c1ncccc1C. The fourth-order valence-electron chi connectivity index (χ4n) is 3.23. The average Bonchev–Trinajstić information content (AvgIpc) is 2.99. The summed E-state index contributed by atoms with van der Waals surface area (Å²) in [4.78, 5) is 17.1. The van der Waals surface area contributed by atoms with E-state index in [1.807, 2.05) is 64.1 Å². The normalized spacial score (nSPS) is 12.0. The number of aromatic nitrogens is 3. The van der Waals surface area contributed by atoms with Crippen molar-refractivity contribution in [1.29, 1.82) is 0 Å². The molecule has 0 bridgehead atoms. The van der Waals surface area contributed by atoms with E-state index in [0.29, 0.717) is 5.56 Å². The molecule has 3 aromatic rings. The van der Waals surface area contributed by atoms with Crippen LogP contribution in [0.15, 0.2) is 42.6 Å². The van der Waals surface area contributed by atoms with E-state index >= 15 is 0 Å². The second kappa shape index (κ2) is 7.52. The molecule has 134 valence electrons. The number of nitrogens with zero attached hydrogens (tertiary/aromatic N) is 2. The van der Waals surface area contributed by atoms with Crippen LogP contribution in [-0.2, 0) is 0 Å². The molecule has 1 aromatic carbocycles. The van der Waals surface area contributed by atoms with Gasteiger partial charge in [-0.2, -0.15) is 5.10 Å². The molecule has 0 aliphatic carbocycles. The summed E-state index contributed by atoms with van der Waals surface area (Å²) in [6.45, 7) is 8.03. The van der Waals surface area contributed by atoms with Gasteiger partial charge in [-0.3, -0.25) is 14.9 Å². The number of nitrogens with one attached hydrogen (secondary N) is 2. The van der Waals surface area contributed by atoms with Crippen LogP contribution in [-0.4, -0.2) is 21.1 Å². The Labute approximate surface area is 153 Å². The summed E-state index contributed by atoms with van der Waals surface area (Å²) in [5.41, 5.74) is 6.77. The van der Waals surface area contributed by atoms with Gasteiger partial charge in [-0.15, -0.1) is 0 Å². The van der Waals surface area contributed by atoms with Gasteiger partial charge in [0.05, 0.1) is 17.4 Å². The summed E-state index contributed by atoms with van der Waals surface area (Å²) < 4.78 is 0. The van der Waals surface area contributed by atoms with Crippen LogP contribution in [0.1, 0.15) is 52.4 Å². The maximum atomic E-state index is 12.7. The highest BCUT2D eigenvalue weighted by Crippen LogP contribution is 2.25. The van der Waals surface area contributed by atoms with Crippen molar-refractivity contribution in [2.24, 2.45) is 0 Å². The van der Waals surface area contributed by atoms with Crippen molar-refractivity contribution in [3.8, 4) is 11.1 Å². The zero-order valence-electron chi connectivity index (χ0n) is 15.6. The lowest BCUT2D eigenvalue weighted by atomic mass is 10.0. The Morgan fingerprint density at radius 3 is 2.46 bits per heavy atom. The number of aryl methyl sites for hydroxylation is 3. The van der Waals surface area contributed by atoms with Gasteiger partial charge < -0.3 is 5.32 Å². The molecular weight excluding hydrogens is 324 g/mol. The molecule has 1 amide bonds. The van der Waals surface area contributed by atoms with E-state index in [1.165, 1.54) is 0 Å². The Morgan fingerprint density at radius 1 is 1.15 bits per heavy atom. The van der Waals surface area contributed by atoms with Crippen LogP contribution in [0.25, 0.3) is 11.1 Å². The minimum atomic E-state index is -0.0956. The Balaban J connectivity index is 1.79. The molecule has 0 aliphatic rings. The first kappa shape index (κ1) is 17.9. The number of benzene rings is 1. The van der Waals surface area contributed by atoms with E-state index in [0.717, 1.165) is 40.2 Å². The van der Waals surface area contributed by atoms with Crippen molar-refractivity contribution in [2.45, 2.75) is 40.2 Å². The number of aromatic amines is 1. The van der Waals surface area contributed by atoms with E-state index in [1.54, 1.807) is 6.20 Å². The third kappa shape index (κ3) is 3.52. The summed E-state index contributed by atoms with van der Waals surface area (Å²) >= 11 is 0. The third-order valence-corrected chi connectivity index (χ3v) is 4.66. The van der Waals surface area contributed by atoms with Crippen molar-refractivity contribution < 1.29 is 4.79 Å². The monoisotopic (exact) mass is 348 g/mol. The van der Waals surface area contributed by atoms with Gasteiger partial charge in [0.2, 0.25) is 0 Å². The van der Waals surface area contributed by atoms with Crippen LogP contribution in [0.3, 0.4) is 0 Å². The van der Waals surface area contributed by atoms with Crippen LogP contribution in [0.5, 0.6) is 0 Å². The fourth-order valence-corrected chi connectivity index (χ4v) is 3.23. The highest BCUT2D eigenvalue weighted by Gasteiger charge is 2.17. The van der Waals surface area contributed by atoms with Gasteiger partial charge in [-0.05, 0) is 56.5 Å². The number of pyridine rings is 1. The molecule has 0 radical (unpaired) electrons. The van der Waals surface area contributed by atoms with Crippen LogP contribution in [0.2, 0.25) is 0 Å². The summed E-state index contributed by atoms with van der Waals surface area (Å²) in [6.07, 6.45) is 2.55. The Bertz CT molecular complexity index is 893. The van der Waals surface area contributed by atoms with E-state index in [9.17, 15) is 4.79 Å². The maximum Gasteiger partial charge on any atom is 0.251 e. The summed E-state index contributed by atoms with van der Waals surface area (Å²) in [5, 5.41) is 10.3. The highest BCUT2D eigenvalue weighted by molar-refractivity contribution is 5.95. The molecule has 0 aliphatic heterocycles. The topological polar surface area (TPSA) is 70.7 Å². The first-order chi connectivity index (χ1) is 12.5. The lowest BCUT2D eigenvalue weighted by molar-refractivity contribution is 0.0934. The van der Waals surface area contributed by atoms with Gasteiger partial charge in [0, 0.05) is 23.0 Å². The minimum absolute atomic E-state index is 0.0888. The molecule has 0 spiro atoms. The molecule has 2 N–H and O–H groups in total. The number of H-pyrrole nitrogens is 1. The number of hydrogen-bond acceptors (Lipinski definition) is 3. The molecule has 3 rings (SSSR count). The Hall–Kier alpha value is -2.95. The lowest BCUT2D eigenvalue weighted by Gasteiger charge is -2.18. The van der Waals surface area contributed by atoms with E-state index in [2.05, 4.69) is 20.5 Å². The number of carbonyl (C=O) groups is 1. The number of hydrogen-bond donors (Lipinski definition) is 2. The van der Waals surface area contributed by atoms with Crippen LogP contribution < -0.4 is 5.32 Å². The molecule has 2 heterocycles. The zero-order valence-corrected chi connectivity index (χ0v) is 15.6. The van der Waals surface area contributed by atoms with E-state index in [4.69, 9.17) is 0 Å². The summed E-state index contributed by atoms with van der Waals surface area (Å²) in [7, 11) is 0. The van der Waals surface area contributed by atoms with Crippen LogP contribution >= 0.6 is 0 Å². The van der Waals surface area contributed by atoms with Gasteiger partial charge in [0.25, 0.3) is 5.91 Å². The molecule has 2 aromatic heterocycles. The summed E-state index contributed by atoms with van der Waals surface area (Å²) in [6, 6.07) is 11.5. The summed E-state index contributed by atoms with van der Waals surface area (Å²) in [5.74, 6) is -0.0888. The second-order valence-corrected chi connectivity index (χ2v) is 6.53. The average molecular weight is 348 g/mol. The van der Waals surface area contributed by atoms with Crippen molar-refractivity contribution in [2.75, 3.05) is 0 Å². The molecule has 5 nitrogen and oxygen atoms in total.